The van der Waals surface area contributed by atoms with Crippen LogP contribution < -0.4 is 5.32 Å². The molecule has 19 heavy (non-hydrogen) atoms. The Labute approximate surface area is 115 Å². The van der Waals surface area contributed by atoms with Gasteiger partial charge in [-0.25, -0.2) is 0 Å². The second kappa shape index (κ2) is 6.31. The molecule has 100 valence electrons. The van der Waals surface area contributed by atoms with Crippen molar-refractivity contribution in [2.24, 2.45) is 0 Å². The van der Waals surface area contributed by atoms with E-state index in [1.54, 1.807) is 23.0 Å². The molecule has 0 bridgehead atoms. The highest BCUT2D eigenvalue weighted by molar-refractivity contribution is 6.30. The van der Waals surface area contributed by atoms with E-state index in [-0.39, 0.29) is 5.69 Å². The molecule has 0 unspecified atom stereocenters. The summed E-state index contributed by atoms with van der Waals surface area (Å²) >= 11 is 5.75. The Morgan fingerprint density at radius 2 is 2.32 bits per heavy atom. The number of nitro groups is 1. The first-order valence-electron chi connectivity index (χ1n) is 5.78. The maximum absolute atomic E-state index is 10.9. The van der Waals surface area contributed by atoms with E-state index in [9.17, 15) is 10.1 Å². The van der Waals surface area contributed by atoms with Gasteiger partial charge < -0.3 is 5.32 Å². The van der Waals surface area contributed by atoms with Crippen LogP contribution in [0.4, 0.5) is 5.69 Å². The SMILES string of the molecule is O=[N+]([O-])c1cc(Cl)ccc1CNCCn1cccn1. The van der Waals surface area contributed by atoms with Gasteiger partial charge in [0.1, 0.15) is 0 Å². The minimum atomic E-state index is -0.420. The number of nitro benzene ring substituents is 1. The van der Waals surface area contributed by atoms with Crippen molar-refractivity contribution in [1.29, 1.82) is 0 Å². The fourth-order valence-corrected chi connectivity index (χ4v) is 1.87. The number of aromatic nitrogens is 2. The number of nitrogens with zero attached hydrogens (tertiary/aromatic N) is 3. The lowest BCUT2D eigenvalue weighted by Gasteiger charge is -2.06. The standard InChI is InChI=1S/C12H13ClN4O2/c13-11-3-2-10(12(8-11)17(18)19)9-14-5-7-16-6-1-4-15-16/h1-4,6,8,14H,5,7,9H2. The summed E-state index contributed by atoms with van der Waals surface area (Å²) in [6.45, 7) is 1.82. The van der Waals surface area contributed by atoms with Gasteiger partial charge in [0.2, 0.25) is 0 Å². The summed E-state index contributed by atoms with van der Waals surface area (Å²) in [6, 6.07) is 6.54. The first-order valence-corrected chi connectivity index (χ1v) is 6.15. The van der Waals surface area contributed by atoms with Crippen LogP contribution in [0.2, 0.25) is 5.02 Å². The smallest absolute Gasteiger partial charge is 0.275 e. The van der Waals surface area contributed by atoms with Gasteiger partial charge in [-0.15, -0.1) is 0 Å². The molecule has 0 atom stereocenters. The van der Waals surface area contributed by atoms with E-state index in [0.29, 0.717) is 30.2 Å². The van der Waals surface area contributed by atoms with Crippen LogP contribution in [0.15, 0.2) is 36.7 Å². The second-order valence-corrected chi connectivity index (χ2v) is 4.41. The Morgan fingerprint density at radius 1 is 1.47 bits per heavy atom. The molecule has 0 aliphatic heterocycles. The molecule has 2 aromatic rings. The minimum Gasteiger partial charge on any atom is -0.311 e. The second-order valence-electron chi connectivity index (χ2n) is 3.98. The normalized spacial score (nSPS) is 10.6. The van der Waals surface area contributed by atoms with Crippen LogP contribution in [0.5, 0.6) is 0 Å². The van der Waals surface area contributed by atoms with E-state index < -0.39 is 4.92 Å². The fraction of sp³-hybridized carbons (Fsp3) is 0.250. The molecule has 1 N–H and O–H groups in total. The molecule has 2 rings (SSSR count). The van der Waals surface area contributed by atoms with Gasteiger partial charge in [0.05, 0.1) is 11.5 Å². The van der Waals surface area contributed by atoms with E-state index >= 15 is 0 Å². The van der Waals surface area contributed by atoms with E-state index in [1.807, 2.05) is 12.3 Å². The summed E-state index contributed by atoms with van der Waals surface area (Å²) in [7, 11) is 0. The molecule has 1 heterocycles. The number of halogens is 1. The lowest BCUT2D eigenvalue weighted by Crippen LogP contribution is -2.20. The highest BCUT2D eigenvalue weighted by Gasteiger charge is 2.13. The van der Waals surface area contributed by atoms with Crippen LogP contribution in [0.25, 0.3) is 0 Å². The number of benzene rings is 1. The summed E-state index contributed by atoms with van der Waals surface area (Å²) in [5.74, 6) is 0. The summed E-state index contributed by atoms with van der Waals surface area (Å²) in [5.41, 5.74) is 0.661. The zero-order chi connectivity index (χ0) is 13.7. The Morgan fingerprint density at radius 3 is 3.00 bits per heavy atom. The monoisotopic (exact) mass is 280 g/mol. The molecule has 1 aromatic carbocycles. The minimum absolute atomic E-state index is 0.0408. The van der Waals surface area contributed by atoms with Crippen LogP contribution in [0, 0.1) is 10.1 Å². The first-order chi connectivity index (χ1) is 9.16. The van der Waals surface area contributed by atoms with Crippen molar-refractivity contribution in [2.45, 2.75) is 13.1 Å². The lowest BCUT2D eigenvalue weighted by molar-refractivity contribution is -0.385. The number of nitrogens with one attached hydrogen (secondary N) is 1. The Bertz CT molecular complexity index is 557. The van der Waals surface area contributed by atoms with Crippen molar-refractivity contribution in [3.63, 3.8) is 0 Å². The van der Waals surface area contributed by atoms with Gasteiger partial charge in [-0.1, -0.05) is 11.6 Å². The molecule has 1 aromatic heterocycles. The van der Waals surface area contributed by atoms with Crippen molar-refractivity contribution in [3.8, 4) is 0 Å². The van der Waals surface area contributed by atoms with Crippen molar-refractivity contribution in [1.82, 2.24) is 15.1 Å². The molecule has 0 aliphatic carbocycles. The third kappa shape index (κ3) is 3.77. The van der Waals surface area contributed by atoms with Gasteiger partial charge in [0, 0.05) is 42.1 Å². The van der Waals surface area contributed by atoms with Crippen LogP contribution in [-0.4, -0.2) is 21.2 Å². The van der Waals surface area contributed by atoms with Crippen LogP contribution in [0.3, 0.4) is 0 Å². The molecule has 6 nitrogen and oxygen atoms in total. The Hall–Kier alpha value is -1.92. The van der Waals surface area contributed by atoms with Gasteiger partial charge in [0.25, 0.3) is 5.69 Å². The van der Waals surface area contributed by atoms with Gasteiger partial charge in [-0.05, 0) is 18.2 Å². The molecule has 0 saturated heterocycles. The van der Waals surface area contributed by atoms with Gasteiger partial charge in [-0.3, -0.25) is 14.8 Å². The highest BCUT2D eigenvalue weighted by atomic mass is 35.5. The molecule has 0 radical (unpaired) electrons. The zero-order valence-corrected chi connectivity index (χ0v) is 10.9. The van der Waals surface area contributed by atoms with E-state index in [4.69, 9.17) is 11.6 Å². The van der Waals surface area contributed by atoms with Crippen LogP contribution >= 0.6 is 11.6 Å². The maximum Gasteiger partial charge on any atom is 0.275 e. The molecule has 7 heteroatoms. The molecule has 0 amide bonds. The largest absolute Gasteiger partial charge is 0.311 e. The fourth-order valence-electron chi connectivity index (χ4n) is 1.71. The highest BCUT2D eigenvalue weighted by Crippen LogP contribution is 2.22. The predicted octanol–water partition coefficient (Wildman–Crippen LogP) is 2.23. The molecule has 0 fully saturated rings. The van der Waals surface area contributed by atoms with Crippen molar-refractivity contribution >= 4 is 17.3 Å². The summed E-state index contributed by atoms with van der Waals surface area (Å²) in [5, 5.41) is 18.5. The van der Waals surface area contributed by atoms with Crippen molar-refractivity contribution < 1.29 is 4.92 Å². The van der Waals surface area contributed by atoms with Crippen LogP contribution in [-0.2, 0) is 13.1 Å². The summed E-state index contributed by atoms with van der Waals surface area (Å²) < 4.78 is 1.79. The summed E-state index contributed by atoms with van der Waals surface area (Å²) in [6.07, 6.45) is 3.58. The predicted molar refractivity (Wildman–Crippen MR) is 72.0 cm³/mol. The number of rotatable bonds is 6. The van der Waals surface area contributed by atoms with E-state index in [2.05, 4.69) is 10.4 Å². The quantitative estimate of drug-likeness (QED) is 0.500. The molecular formula is C12H13ClN4O2. The van der Waals surface area contributed by atoms with E-state index in [0.717, 1.165) is 0 Å². The average molecular weight is 281 g/mol. The number of hydrogen-bond donors (Lipinski definition) is 1. The number of hydrogen-bond acceptors (Lipinski definition) is 4. The molecule has 0 aliphatic rings. The topological polar surface area (TPSA) is 73.0 Å². The molecular weight excluding hydrogens is 268 g/mol. The van der Waals surface area contributed by atoms with Crippen molar-refractivity contribution in [3.05, 3.63) is 57.4 Å². The Balaban J connectivity index is 1.90. The average Bonchev–Trinajstić information content (AvgIpc) is 2.89. The zero-order valence-electron chi connectivity index (χ0n) is 10.1. The molecule has 0 saturated carbocycles. The van der Waals surface area contributed by atoms with Gasteiger partial charge in [-0.2, -0.15) is 5.10 Å². The van der Waals surface area contributed by atoms with Gasteiger partial charge in [0.15, 0.2) is 0 Å². The van der Waals surface area contributed by atoms with E-state index in [1.165, 1.54) is 6.07 Å². The van der Waals surface area contributed by atoms with Gasteiger partial charge >= 0.3 is 0 Å². The third-order valence-electron chi connectivity index (χ3n) is 2.64. The lowest BCUT2D eigenvalue weighted by atomic mass is 10.2. The van der Waals surface area contributed by atoms with Crippen molar-refractivity contribution in [2.75, 3.05) is 6.54 Å². The summed E-state index contributed by atoms with van der Waals surface area (Å²) in [4.78, 5) is 10.5. The Kier molecular flexibility index (Phi) is 4.48. The molecule has 0 spiro atoms. The van der Waals surface area contributed by atoms with Crippen LogP contribution in [0.1, 0.15) is 5.56 Å². The maximum atomic E-state index is 10.9. The first kappa shape index (κ1) is 13.5. The third-order valence-corrected chi connectivity index (χ3v) is 2.87.